The van der Waals surface area contributed by atoms with Gasteiger partial charge < -0.3 is 5.73 Å². The quantitative estimate of drug-likeness (QED) is 0.717. The van der Waals surface area contributed by atoms with Crippen molar-refractivity contribution in [3.05, 3.63) is 0 Å². The summed E-state index contributed by atoms with van der Waals surface area (Å²) in [6.07, 6.45) is 7.98. The van der Waals surface area contributed by atoms with E-state index in [2.05, 4.69) is 6.07 Å². The molecule has 4 bridgehead atoms. The van der Waals surface area contributed by atoms with Crippen LogP contribution in [0.1, 0.15) is 46.0 Å². The van der Waals surface area contributed by atoms with E-state index >= 15 is 0 Å². The molecule has 6 fully saturated rings. The van der Waals surface area contributed by atoms with Crippen molar-refractivity contribution in [3.8, 4) is 6.07 Å². The summed E-state index contributed by atoms with van der Waals surface area (Å²) in [5, 5.41) is 8.43. The zero-order valence-corrected chi connectivity index (χ0v) is 8.63. The molecule has 2 N–H and O–H groups in total. The molecular weight excluding hydrogens is 184 g/mol. The van der Waals surface area contributed by atoms with E-state index in [0.29, 0.717) is 5.41 Å². The average molecular weight is 206 g/mol. The van der Waals surface area contributed by atoms with Gasteiger partial charge in [0.2, 0.25) is 0 Å². The molecule has 6 aliphatic rings. The number of rotatable bonds is 1. The molecule has 0 aromatic rings. The van der Waals surface area contributed by atoms with Crippen molar-refractivity contribution >= 4 is 0 Å². The van der Waals surface area contributed by atoms with Gasteiger partial charge in [0.15, 0.2) is 0 Å². The van der Waals surface area contributed by atoms with Gasteiger partial charge in [-0.05, 0) is 62.3 Å². The fraction of sp³-hybridized carbons (Fsp3) is 0.923. The SMILES string of the molecule is C.N#CC12CC(C1)C2.NCC12CC(C1)C2. The highest BCUT2D eigenvalue weighted by molar-refractivity contribution is 5.18. The normalized spacial score (nSPS) is 50.9. The Labute approximate surface area is 92.8 Å². The molecule has 6 rings (SSSR count). The Balaban J connectivity index is 0.000000107. The van der Waals surface area contributed by atoms with E-state index in [9.17, 15) is 0 Å². The maximum Gasteiger partial charge on any atom is 0.0690 e. The summed E-state index contributed by atoms with van der Waals surface area (Å²) in [4.78, 5) is 0. The van der Waals surface area contributed by atoms with Crippen molar-refractivity contribution in [1.82, 2.24) is 0 Å². The van der Waals surface area contributed by atoms with Gasteiger partial charge in [0.25, 0.3) is 0 Å². The lowest BCUT2D eigenvalue weighted by molar-refractivity contribution is -0.0964. The van der Waals surface area contributed by atoms with Crippen LogP contribution in [0.25, 0.3) is 0 Å². The van der Waals surface area contributed by atoms with Gasteiger partial charge in [0, 0.05) is 0 Å². The molecule has 0 aliphatic heterocycles. The summed E-state index contributed by atoms with van der Waals surface area (Å²) < 4.78 is 0. The molecule has 0 radical (unpaired) electrons. The Bertz CT molecular complexity index is 262. The molecule has 0 atom stereocenters. The summed E-state index contributed by atoms with van der Waals surface area (Å²) in [6, 6.07) is 2.34. The zero-order chi connectivity index (χ0) is 9.81. The molecular formula is C13H22N2. The van der Waals surface area contributed by atoms with Crippen LogP contribution < -0.4 is 5.73 Å². The Morgan fingerprint density at radius 2 is 1.53 bits per heavy atom. The van der Waals surface area contributed by atoms with Crippen molar-refractivity contribution in [1.29, 1.82) is 5.26 Å². The lowest BCUT2D eigenvalue weighted by Crippen LogP contribution is -2.55. The first-order valence-electron chi connectivity index (χ1n) is 5.81. The first-order valence-corrected chi connectivity index (χ1v) is 5.81. The molecule has 0 spiro atoms. The molecule has 0 amide bonds. The van der Waals surface area contributed by atoms with Gasteiger partial charge in [-0.15, -0.1) is 0 Å². The van der Waals surface area contributed by atoms with Crippen molar-refractivity contribution in [2.75, 3.05) is 6.54 Å². The second-order valence-corrected chi connectivity index (χ2v) is 6.05. The smallest absolute Gasteiger partial charge is 0.0690 e. The second kappa shape index (κ2) is 3.22. The molecule has 0 saturated heterocycles. The maximum atomic E-state index is 8.43. The molecule has 2 nitrogen and oxygen atoms in total. The standard InChI is InChI=1S/C6H11N.C6H7N.CH4/c2*7-4-6-1-5(2-6)3-6;/h5H,1-4,7H2;5H,1-3H2;1H4. The second-order valence-electron chi connectivity index (χ2n) is 6.05. The summed E-state index contributed by atoms with van der Waals surface area (Å²) in [5.41, 5.74) is 6.40. The molecule has 15 heavy (non-hydrogen) atoms. The van der Waals surface area contributed by atoms with Crippen molar-refractivity contribution in [3.63, 3.8) is 0 Å². The first kappa shape index (κ1) is 11.0. The lowest BCUT2D eigenvalue weighted by atomic mass is 9.44. The number of nitrogens with zero attached hydrogens (tertiary/aromatic N) is 1. The first-order chi connectivity index (χ1) is 6.69. The van der Waals surface area contributed by atoms with Gasteiger partial charge in [-0.25, -0.2) is 0 Å². The van der Waals surface area contributed by atoms with E-state index in [1.165, 1.54) is 38.5 Å². The minimum Gasteiger partial charge on any atom is -0.330 e. The highest BCUT2D eigenvalue weighted by Crippen LogP contribution is 2.64. The lowest BCUT2D eigenvalue weighted by Gasteiger charge is -2.61. The zero-order valence-electron chi connectivity index (χ0n) is 8.63. The minimum atomic E-state index is 0. The van der Waals surface area contributed by atoms with Crippen LogP contribution in [0, 0.1) is 34.0 Å². The van der Waals surface area contributed by atoms with Crippen molar-refractivity contribution in [2.45, 2.75) is 46.0 Å². The Morgan fingerprint density at radius 1 is 1.07 bits per heavy atom. The van der Waals surface area contributed by atoms with Crippen LogP contribution in [0.3, 0.4) is 0 Å². The number of nitrogens with two attached hydrogens (primary N) is 1. The van der Waals surface area contributed by atoms with Gasteiger partial charge in [0.1, 0.15) is 0 Å². The van der Waals surface area contributed by atoms with Gasteiger partial charge in [-0.2, -0.15) is 5.26 Å². The molecule has 6 aliphatic carbocycles. The number of hydrogen-bond donors (Lipinski definition) is 1. The largest absolute Gasteiger partial charge is 0.330 e. The van der Waals surface area contributed by atoms with E-state index in [1.54, 1.807) is 0 Å². The topological polar surface area (TPSA) is 49.8 Å². The molecule has 6 saturated carbocycles. The Kier molecular flexibility index (Phi) is 2.35. The van der Waals surface area contributed by atoms with Gasteiger partial charge in [-0.1, -0.05) is 7.43 Å². The maximum absolute atomic E-state index is 8.43. The van der Waals surface area contributed by atoms with Gasteiger partial charge in [-0.3, -0.25) is 0 Å². The van der Waals surface area contributed by atoms with Crippen LogP contribution >= 0.6 is 0 Å². The molecule has 0 heterocycles. The summed E-state index contributed by atoms with van der Waals surface area (Å²) >= 11 is 0. The van der Waals surface area contributed by atoms with Crippen LogP contribution in [0.2, 0.25) is 0 Å². The summed E-state index contributed by atoms with van der Waals surface area (Å²) in [6.45, 7) is 0.948. The highest BCUT2D eigenvalue weighted by Gasteiger charge is 2.57. The average Bonchev–Trinajstić information content (AvgIpc) is 1.76. The summed E-state index contributed by atoms with van der Waals surface area (Å²) in [5.74, 6) is 2.06. The Morgan fingerprint density at radius 3 is 1.53 bits per heavy atom. The molecule has 0 aromatic carbocycles. The molecule has 0 unspecified atom stereocenters. The minimum absolute atomic E-state index is 0. The highest BCUT2D eigenvalue weighted by atomic mass is 14.7. The summed E-state index contributed by atoms with van der Waals surface area (Å²) in [7, 11) is 0. The van der Waals surface area contributed by atoms with E-state index in [0.717, 1.165) is 18.4 Å². The predicted molar refractivity (Wildman–Crippen MR) is 60.9 cm³/mol. The molecule has 2 heteroatoms. The molecule has 84 valence electrons. The van der Waals surface area contributed by atoms with E-state index in [4.69, 9.17) is 11.0 Å². The predicted octanol–water partition coefficient (Wildman–Crippen LogP) is 2.69. The van der Waals surface area contributed by atoms with E-state index in [1.807, 2.05) is 0 Å². The third kappa shape index (κ3) is 1.40. The van der Waals surface area contributed by atoms with Crippen molar-refractivity contribution < 1.29 is 0 Å². The Hall–Kier alpha value is -0.550. The monoisotopic (exact) mass is 206 g/mol. The van der Waals surface area contributed by atoms with Crippen molar-refractivity contribution in [2.24, 2.45) is 28.4 Å². The van der Waals surface area contributed by atoms with Crippen LogP contribution in [0.4, 0.5) is 0 Å². The molecule has 0 aromatic heterocycles. The van der Waals surface area contributed by atoms with Gasteiger partial charge in [0.05, 0.1) is 11.5 Å². The van der Waals surface area contributed by atoms with Gasteiger partial charge >= 0.3 is 0 Å². The van der Waals surface area contributed by atoms with Crippen LogP contribution in [-0.2, 0) is 0 Å². The third-order valence-corrected chi connectivity index (χ3v) is 4.87. The third-order valence-electron chi connectivity index (χ3n) is 4.87. The number of nitriles is 1. The van der Waals surface area contributed by atoms with E-state index < -0.39 is 0 Å². The van der Waals surface area contributed by atoms with Crippen LogP contribution in [-0.4, -0.2) is 6.54 Å². The van der Waals surface area contributed by atoms with Crippen LogP contribution in [0.15, 0.2) is 0 Å². The van der Waals surface area contributed by atoms with Crippen LogP contribution in [0.5, 0.6) is 0 Å². The fourth-order valence-electron chi connectivity index (χ4n) is 3.52. The van der Waals surface area contributed by atoms with E-state index in [-0.39, 0.29) is 12.8 Å². The number of hydrogen-bond acceptors (Lipinski definition) is 2. The fourth-order valence-corrected chi connectivity index (χ4v) is 3.52.